The summed E-state index contributed by atoms with van der Waals surface area (Å²) in [5.74, 6) is 0.153. The molecule has 0 bridgehead atoms. The topological polar surface area (TPSA) is 88.9 Å². The number of nitrogens with one attached hydrogen (secondary N) is 2. The third kappa shape index (κ3) is 6.71. The van der Waals surface area contributed by atoms with Crippen LogP contribution in [0.2, 0.25) is 10.0 Å². The van der Waals surface area contributed by atoms with Gasteiger partial charge in [0.25, 0.3) is 5.91 Å². The Bertz CT molecular complexity index is 1470. The molecule has 3 aromatic carbocycles. The summed E-state index contributed by atoms with van der Waals surface area (Å²) >= 11 is 13.4. The normalized spacial score (nSPS) is 10.8. The maximum Gasteiger partial charge on any atom is 0.253 e. The molecule has 37 heavy (non-hydrogen) atoms. The van der Waals surface area contributed by atoms with Gasteiger partial charge in [0.2, 0.25) is 5.91 Å². The fourth-order valence-corrected chi connectivity index (χ4v) is 4.95. The molecule has 10 heteroatoms. The Balaban J connectivity index is 1.55. The summed E-state index contributed by atoms with van der Waals surface area (Å²) in [4.78, 5) is 25.4. The van der Waals surface area contributed by atoms with Crippen LogP contribution in [-0.4, -0.2) is 32.3 Å². The van der Waals surface area contributed by atoms with Crippen LogP contribution in [0.5, 0.6) is 0 Å². The molecule has 1 heterocycles. The number of rotatable bonds is 8. The predicted octanol–water partition coefficient (Wildman–Crippen LogP) is 6.16. The first-order chi connectivity index (χ1) is 17.7. The average molecular weight is 555 g/mol. The van der Waals surface area contributed by atoms with Gasteiger partial charge in [0.15, 0.2) is 11.0 Å². The van der Waals surface area contributed by atoms with Crippen molar-refractivity contribution in [1.82, 2.24) is 20.1 Å². The van der Waals surface area contributed by atoms with Crippen LogP contribution in [0.15, 0.2) is 65.8 Å². The minimum atomic E-state index is -0.357. The second-order valence-corrected chi connectivity index (χ2v) is 10.3. The Morgan fingerprint density at radius 2 is 1.73 bits per heavy atom. The number of anilines is 1. The number of halogens is 2. The van der Waals surface area contributed by atoms with Gasteiger partial charge >= 0.3 is 0 Å². The molecule has 0 saturated carbocycles. The molecule has 0 spiro atoms. The summed E-state index contributed by atoms with van der Waals surface area (Å²) < 4.78 is 1.87. The van der Waals surface area contributed by atoms with Crippen LogP contribution in [0, 0.1) is 20.8 Å². The third-order valence-electron chi connectivity index (χ3n) is 5.52. The van der Waals surface area contributed by atoms with Crippen LogP contribution in [0.1, 0.15) is 32.9 Å². The number of carbonyl (C=O) groups is 2. The predicted molar refractivity (Wildman–Crippen MR) is 149 cm³/mol. The van der Waals surface area contributed by atoms with Crippen LogP contribution >= 0.6 is 35.0 Å². The number of aromatic nitrogens is 3. The number of thioether (sulfide) groups is 1. The van der Waals surface area contributed by atoms with E-state index in [4.69, 9.17) is 23.2 Å². The summed E-state index contributed by atoms with van der Waals surface area (Å²) in [5, 5.41) is 15.7. The Hall–Kier alpha value is -3.33. The van der Waals surface area contributed by atoms with E-state index in [9.17, 15) is 9.59 Å². The van der Waals surface area contributed by atoms with E-state index in [1.54, 1.807) is 12.1 Å². The minimum Gasteiger partial charge on any atom is -0.345 e. The van der Waals surface area contributed by atoms with Crippen molar-refractivity contribution in [2.45, 2.75) is 32.5 Å². The third-order valence-corrected chi connectivity index (χ3v) is 7.00. The molecule has 4 aromatic rings. The lowest BCUT2D eigenvalue weighted by Gasteiger charge is -2.14. The molecule has 0 aliphatic heterocycles. The summed E-state index contributed by atoms with van der Waals surface area (Å²) in [6, 6.07) is 18.4. The zero-order valence-electron chi connectivity index (χ0n) is 20.5. The highest BCUT2D eigenvalue weighted by atomic mass is 35.5. The van der Waals surface area contributed by atoms with E-state index in [0.717, 1.165) is 28.1 Å². The molecule has 1 aromatic heterocycles. The maximum absolute atomic E-state index is 12.8. The van der Waals surface area contributed by atoms with Crippen molar-refractivity contribution in [2.24, 2.45) is 0 Å². The maximum atomic E-state index is 12.8. The summed E-state index contributed by atoms with van der Waals surface area (Å²) in [5.41, 5.74) is 5.05. The monoisotopic (exact) mass is 553 g/mol. The fraction of sp³-hybridized carbons (Fsp3) is 0.185. The molecular formula is C27H25Cl2N5O2S. The van der Waals surface area contributed by atoms with Gasteiger partial charge in [-0.3, -0.25) is 14.2 Å². The molecule has 2 amide bonds. The fourth-order valence-electron chi connectivity index (χ4n) is 3.69. The molecule has 0 unspecified atom stereocenters. The molecule has 0 radical (unpaired) electrons. The Morgan fingerprint density at radius 1 is 0.946 bits per heavy atom. The van der Waals surface area contributed by atoms with Gasteiger partial charge in [-0.15, -0.1) is 10.2 Å². The number of aryl methyl sites for hydroxylation is 3. The second kappa shape index (κ2) is 11.8. The Kier molecular flexibility index (Phi) is 8.53. The van der Waals surface area contributed by atoms with Crippen LogP contribution in [0.3, 0.4) is 0 Å². The lowest BCUT2D eigenvalue weighted by Crippen LogP contribution is -2.25. The molecule has 190 valence electrons. The highest BCUT2D eigenvalue weighted by Crippen LogP contribution is 2.26. The van der Waals surface area contributed by atoms with Gasteiger partial charge in [-0.25, -0.2) is 0 Å². The highest BCUT2D eigenvalue weighted by Gasteiger charge is 2.19. The number of carbonyl (C=O) groups excluding carboxylic acids is 2. The molecule has 0 saturated heterocycles. The van der Waals surface area contributed by atoms with Gasteiger partial charge in [0.05, 0.1) is 28.6 Å². The standard InChI is InChI=1S/C27H25Cl2N5O2S/c1-16-5-4-6-20(11-16)31-25(35)15-37-27-33-32-24(34(27)23-12-17(2)7-8-18(23)3)14-30-26(36)21-10-9-19(28)13-22(21)29/h4-13H,14-15H2,1-3H3,(H,30,36)(H,31,35). The van der Waals surface area contributed by atoms with Crippen LogP contribution in [0.25, 0.3) is 5.69 Å². The van der Waals surface area contributed by atoms with Crippen LogP contribution in [0.4, 0.5) is 5.69 Å². The van der Waals surface area contributed by atoms with Gasteiger partial charge in [-0.1, -0.05) is 59.2 Å². The first kappa shape index (κ1) is 26.7. The molecule has 0 aliphatic rings. The average Bonchev–Trinajstić information content (AvgIpc) is 3.25. The molecule has 2 N–H and O–H groups in total. The lowest BCUT2D eigenvalue weighted by molar-refractivity contribution is -0.113. The molecule has 4 rings (SSSR count). The van der Waals surface area contributed by atoms with Crippen molar-refractivity contribution < 1.29 is 9.59 Å². The lowest BCUT2D eigenvalue weighted by atomic mass is 10.1. The highest BCUT2D eigenvalue weighted by molar-refractivity contribution is 7.99. The SMILES string of the molecule is Cc1cccc(NC(=O)CSc2nnc(CNC(=O)c3ccc(Cl)cc3Cl)n2-c2cc(C)ccc2C)c1. The molecule has 7 nitrogen and oxygen atoms in total. The summed E-state index contributed by atoms with van der Waals surface area (Å²) in [6.07, 6.45) is 0. The van der Waals surface area contributed by atoms with Gasteiger partial charge in [-0.05, 0) is 73.9 Å². The summed E-state index contributed by atoms with van der Waals surface area (Å²) in [7, 11) is 0. The van der Waals surface area contributed by atoms with E-state index >= 15 is 0 Å². The number of nitrogens with zero attached hydrogens (tertiary/aromatic N) is 3. The molecule has 0 fully saturated rings. The smallest absolute Gasteiger partial charge is 0.253 e. The van der Waals surface area contributed by atoms with Gasteiger partial charge in [0, 0.05) is 10.7 Å². The Morgan fingerprint density at radius 3 is 2.49 bits per heavy atom. The van der Waals surface area contributed by atoms with Crippen molar-refractivity contribution in [3.8, 4) is 5.69 Å². The van der Waals surface area contributed by atoms with Crippen LogP contribution in [-0.2, 0) is 11.3 Å². The second-order valence-electron chi connectivity index (χ2n) is 8.54. The van der Waals surface area contributed by atoms with Crippen molar-refractivity contribution >= 4 is 52.5 Å². The minimum absolute atomic E-state index is 0.105. The summed E-state index contributed by atoms with van der Waals surface area (Å²) in [6.45, 7) is 6.06. The van der Waals surface area contributed by atoms with E-state index in [0.29, 0.717) is 21.6 Å². The zero-order chi connectivity index (χ0) is 26.5. The van der Waals surface area contributed by atoms with E-state index in [2.05, 4.69) is 20.8 Å². The zero-order valence-corrected chi connectivity index (χ0v) is 22.8. The van der Waals surface area contributed by atoms with Crippen molar-refractivity contribution in [3.05, 3.63) is 98.8 Å². The van der Waals surface area contributed by atoms with Crippen molar-refractivity contribution in [2.75, 3.05) is 11.1 Å². The Labute approximate surface area is 229 Å². The largest absolute Gasteiger partial charge is 0.345 e. The van der Waals surface area contributed by atoms with E-state index in [1.807, 2.05) is 67.8 Å². The molecular weight excluding hydrogens is 529 g/mol. The first-order valence-electron chi connectivity index (χ1n) is 11.5. The van der Waals surface area contributed by atoms with E-state index in [-0.39, 0.29) is 29.1 Å². The van der Waals surface area contributed by atoms with Gasteiger partial charge in [0.1, 0.15) is 0 Å². The van der Waals surface area contributed by atoms with E-state index < -0.39 is 0 Å². The van der Waals surface area contributed by atoms with Crippen LogP contribution < -0.4 is 10.6 Å². The number of amides is 2. The molecule has 0 atom stereocenters. The number of hydrogen-bond acceptors (Lipinski definition) is 5. The van der Waals surface area contributed by atoms with Crippen molar-refractivity contribution in [3.63, 3.8) is 0 Å². The molecule has 0 aliphatic carbocycles. The van der Waals surface area contributed by atoms with E-state index in [1.165, 1.54) is 17.8 Å². The van der Waals surface area contributed by atoms with Gasteiger partial charge in [-0.2, -0.15) is 0 Å². The van der Waals surface area contributed by atoms with Gasteiger partial charge < -0.3 is 10.6 Å². The quantitative estimate of drug-likeness (QED) is 0.255. The van der Waals surface area contributed by atoms with Crippen molar-refractivity contribution in [1.29, 1.82) is 0 Å². The number of hydrogen-bond donors (Lipinski definition) is 2. The first-order valence-corrected chi connectivity index (χ1v) is 13.2. The number of benzene rings is 3.